The molecule has 0 atom stereocenters. The van der Waals surface area contributed by atoms with E-state index in [1.807, 2.05) is 61.5 Å². The summed E-state index contributed by atoms with van der Waals surface area (Å²) in [5.74, 6) is 0.671. The minimum absolute atomic E-state index is 0.0509. The lowest BCUT2D eigenvalue weighted by Crippen LogP contribution is -2.27. The van der Waals surface area contributed by atoms with Gasteiger partial charge in [0.05, 0.1) is 4.91 Å². The molecule has 0 spiro atoms. The van der Waals surface area contributed by atoms with Crippen molar-refractivity contribution in [1.82, 2.24) is 4.90 Å². The first-order valence-corrected chi connectivity index (χ1v) is 9.40. The second-order valence-electron chi connectivity index (χ2n) is 5.38. The molecule has 0 saturated carbocycles. The minimum atomic E-state index is -0.0509. The molecule has 1 aliphatic rings. The van der Waals surface area contributed by atoms with E-state index in [-0.39, 0.29) is 5.91 Å². The third-order valence-electron chi connectivity index (χ3n) is 3.70. The number of carbonyl (C=O) groups excluding carboxylic acids is 1. The molecule has 1 saturated heterocycles. The molecule has 1 amide bonds. The van der Waals surface area contributed by atoms with E-state index in [4.69, 9.17) is 28.6 Å². The summed E-state index contributed by atoms with van der Waals surface area (Å²) in [6, 6.07) is 15.2. The van der Waals surface area contributed by atoms with Gasteiger partial charge in [0.1, 0.15) is 16.7 Å². The average Bonchev–Trinajstić information content (AvgIpc) is 2.88. The van der Waals surface area contributed by atoms with Crippen LogP contribution in [0.15, 0.2) is 53.4 Å². The van der Waals surface area contributed by atoms with Gasteiger partial charge in [0.15, 0.2) is 0 Å². The van der Waals surface area contributed by atoms with E-state index >= 15 is 0 Å². The van der Waals surface area contributed by atoms with Gasteiger partial charge in [-0.2, -0.15) is 0 Å². The molecule has 0 bridgehead atoms. The lowest BCUT2D eigenvalue weighted by Gasteiger charge is -2.10. The highest BCUT2D eigenvalue weighted by atomic mass is 35.5. The molecule has 0 N–H and O–H groups in total. The van der Waals surface area contributed by atoms with Gasteiger partial charge in [-0.05, 0) is 36.8 Å². The van der Waals surface area contributed by atoms with Crippen LogP contribution in [-0.2, 0) is 11.4 Å². The van der Waals surface area contributed by atoms with Crippen molar-refractivity contribution in [2.75, 3.05) is 6.54 Å². The van der Waals surface area contributed by atoms with Crippen LogP contribution in [0.5, 0.6) is 5.75 Å². The van der Waals surface area contributed by atoms with Gasteiger partial charge in [0.25, 0.3) is 5.91 Å². The molecule has 25 heavy (non-hydrogen) atoms. The molecule has 128 valence electrons. The molecule has 0 radical (unpaired) electrons. The van der Waals surface area contributed by atoms with E-state index in [1.165, 1.54) is 11.8 Å². The highest BCUT2D eigenvalue weighted by Crippen LogP contribution is 2.34. The quantitative estimate of drug-likeness (QED) is 0.523. The van der Waals surface area contributed by atoms with Crippen molar-refractivity contribution in [2.45, 2.75) is 13.5 Å². The number of hydrogen-bond donors (Lipinski definition) is 0. The Morgan fingerprint density at radius 3 is 2.60 bits per heavy atom. The first kappa shape index (κ1) is 18.0. The highest BCUT2D eigenvalue weighted by molar-refractivity contribution is 8.26. The first-order valence-electron chi connectivity index (χ1n) is 7.80. The zero-order valence-corrected chi connectivity index (χ0v) is 16.0. The van der Waals surface area contributed by atoms with Crippen LogP contribution in [0.25, 0.3) is 6.08 Å². The van der Waals surface area contributed by atoms with Crippen molar-refractivity contribution in [3.8, 4) is 5.75 Å². The van der Waals surface area contributed by atoms with E-state index < -0.39 is 0 Å². The van der Waals surface area contributed by atoms with Crippen LogP contribution in [0.2, 0.25) is 5.02 Å². The van der Waals surface area contributed by atoms with Gasteiger partial charge < -0.3 is 4.74 Å². The van der Waals surface area contributed by atoms with Crippen LogP contribution in [-0.4, -0.2) is 21.7 Å². The summed E-state index contributed by atoms with van der Waals surface area (Å²) >= 11 is 12.5. The fourth-order valence-corrected chi connectivity index (χ4v) is 3.89. The summed E-state index contributed by atoms with van der Waals surface area (Å²) < 4.78 is 6.53. The number of amides is 1. The lowest BCUT2D eigenvalue weighted by molar-refractivity contribution is -0.121. The Kier molecular flexibility index (Phi) is 5.78. The molecule has 6 heteroatoms. The third-order valence-corrected chi connectivity index (χ3v) is 5.33. The van der Waals surface area contributed by atoms with Crippen LogP contribution in [0.1, 0.15) is 18.1 Å². The normalized spacial score (nSPS) is 15.9. The Morgan fingerprint density at radius 1 is 1.20 bits per heavy atom. The van der Waals surface area contributed by atoms with Crippen molar-refractivity contribution in [1.29, 1.82) is 0 Å². The monoisotopic (exact) mass is 389 g/mol. The topological polar surface area (TPSA) is 29.5 Å². The standard InChI is InChI=1S/C19H16ClNO2S2/c1-2-21-18(22)17(25-19(21)24)11-14-5-3-4-6-16(14)23-12-13-7-9-15(20)10-8-13/h3-11H,2,12H2,1H3/b17-11-. The molecule has 2 aromatic carbocycles. The van der Waals surface area contributed by atoms with Crippen molar-refractivity contribution in [3.05, 3.63) is 69.6 Å². The fraction of sp³-hybridized carbons (Fsp3) is 0.158. The van der Waals surface area contributed by atoms with Gasteiger partial charge >= 0.3 is 0 Å². The van der Waals surface area contributed by atoms with Gasteiger partial charge in [-0.1, -0.05) is 65.9 Å². The van der Waals surface area contributed by atoms with E-state index in [9.17, 15) is 4.79 Å². The van der Waals surface area contributed by atoms with Crippen molar-refractivity contribution in [3.63, 3.8) is 0 Å². The van der Waals surface area contributed by atoms with Gasteiger partial charge in [-0.3, -0.25) is 9.69 Å². The van der Waals surface area contributed by atoms with Crippen molar-refractivity contribution < 1.29 is 9.53 Å². The Bertz CT molecular complexity index is 834. The summed E-state index contributed by atoms with van der Waals surface area (Å²) in [4.78, 5) is 14.6. The number of carbonyl (C=O) groups is 1. The number of benzene rings is 2. The number of thiocarbonyl (C=S) groups is 1. The molecule has 2 aromatic rings. The summed E-state index contributed by atoms with van der Waals surface area (Å²) in [6.45, 7) is 2.92. The molecule has 1 aliphatic heterocycles. The Balaban J connectivity index is 1.79. The number of thioether (sulfide) groups is 1. The van der Waals surface area contributed by atoms with Crippen LogP contribution in [0.3, 0.4) is 0 Å². The van der Waals surface area contributed by atoms with E-state index in [2.05, 4.69) is 0 Å². The minimum Gasteiger partial charge on any atom is -0.488 e. The highest BCUT2D eigenvalue weighted by Gasteiger charge is 2.30. The molecular weight excluding hydrogens is 374 g/mol. The molecule has 3 rings (SSSR count). The maximum absolute atomic E-state index is 12.4. The predicted molar refractivity (Wildman–Crippen MR) is 108 cm³/mol. The summed E-state index contributed by atoms with van der Waals surface area (Å²) in [5, 5.41) is 0.696. The van der Waals surface area contributed by atoms with Crippen LogP contribution in [0, 0.1) is 0 Å². The van der Waals surface area contributed by atoms with Crippen LogP contribution in [0.4, 0.5) is 0 Å². The largest absolute Gasteiger partial charge is 0.488 e. The average molecular weight is 390 g/mol. The summed E-state index contributed by atoms with van der Waals surface area (Å²) in [5.41, 5.74) is 1.88. The number of rotatable bonds is 5. The van der Waals surface area contributed by atoms with Gasteiger partial charge in [0.2, 0.25) is 0 Å². The Labute approximate surface area is 161 Å². The maximum Gasteiger partial charge on any atom is 0.266 e. The number of nitrogens with zero attached hydrogens (tertiary/aromatic N) is 1. The molecule has 0 aromatic heterocycles. The number of likely N-dealkylation sites (N-methyl/N-ethyl adjacent to an activating group) is 1. The summed E-state index contributed by atoms with van der Waals surface area (Å²) in [7, 11) is 0. The van der Waals surface area contributed by atoms with E-state index in [1.54, 1.807) is 4.90 Å². The number of hydrogen-bond acceptors (Lipinski definition) is 4. The Hall–Kier alpha value is -1.82. The predicted octanol–water partition coefficient (Wildman–Crippen LogP) is 5.14. The molecule has 1 heterocycles. The van der Waals surface area contributed by atoms with Crippen molar-refractivity contribution in [2.24, 2.45) is 0 Å². The van der Waals surface area contributed by atoms with Gasteiger partial charge in [0, 0.05) is 17.1 Å². The number of halogens is 1. The smallest absolute Gasteiger partial charge is 0.266 e. The second-order valence-corrected chi connectivity index (χ2v) is 7.49. The molecule has 0 unspecified atom stereocenters. The molecule has 3 nitrogen and oxygen atoms in total. The first-order chi connectivity index (χ1) is 12.1. The van der Waals surface area contributed by atoms with Crippen LogP contribution >= 0.6 is 35.6 Å². The SMILES string of the molecule is CCN1C(=O)/C(=C/c2ccccc2OCc2ccc(Cl)cc2)SC1=S. The Morgan fingerprint density at radius 2 is 1.92 bits per heavy atom. The van der Waals surface area contributed by atoms with Crippen LogP contribution < -0.4 is 4.74 Å². The zero-order chi connectivity index (χ0) is 17.8. The van der Waals surface area contributed by atoms with E-state index in [0.717, 1.165) is 16.9 Å². The molecule has 1 fully saturated rings. The van der Waals surface area contributed by atoms with Gasteiger partial charge in [-0.25, -0.2) is 0 Å². The number of para-hydroxylation sites is 1. The third kappa shape index (κ3) is 4.24. The van der Waals surface area contributed by atoms with Gasteiger partial charge in [-0.15, -0.1) is 0 Å². The summed E-state index contributed by atoms with van der Waals surface area (Å²) in [6.07, 6.45) is 1.84. The molecular formula is C19H16ClNO2S2. The van der Waals surface area contributed by atoms with E-state index in [0.29, 0.717) is 27.4 Å². The zero-order valence-electron chi connectivity index (χ0n) is 13.6. The number of ether oxygens (including phenoxy) is 1. The molecule has 0 aliphatic carbocycles. The maximum atomic E-state index is 12.4. The lowest BCUT2D eigenvalue weighted by atomic mass is 10.1. The second kappa shape index (κ2) is 8.04. The van der Waals surface area contributed by atoms with Crippen molar-refractivity contribution >= 4 is 51.9 Å². The fourth-order valence-electron chi connectivity index (χ4n) is 2.39.